The Balaban J connectivity index is 1.97. The van der Waals surface area contributed by atoms with Gasteiger partial charge in [-0.1, -0.05) is 12.1 Å². The van der Waals surface area contributed by atoms with E-state index in [4.69, 9.17) is 10.5 Å². The van der Waals surface area contributed by atoms with E-state index in [1.807, 2.05) is 31.2 Å². The van der Waals surface area contributed by atoms with Gasteiger partial charge in [-0.15, -0.1) is 0 Å². The highest BCUT2D eigenvalue weighted by atomic mass is 16.5. The van der Waals surface area contributed by atoms with Crippen molar-refractivity contribution in [2.24, 2.45) is 11.7 Å². The number of carbonyl (C=O) groups excluding carboxylic acids is 1. The van der Waals surface area contributed by atoms with Crippen molar-refractivity contribution in [2.75, 3.05) is 11.9 Å². The Kier molecular flexibility index (Phi) is 3.76. The molecule has 2 unspecified atom stereocenters. The Labute approximate surface area is 101 Å². The molecule has 0 aromatic heterocycles. The third-order valence-electron chi connectivity index (χ3n) is 3.17. The van der Waals surface area contributed by atoms with Gasteiger partial charge in [0, 0.05) is 18.8 Å². The predicted molar refractivity (Wildman–Crippen MR) is 66.5 cm³/mol. The van der Waals surface area contributed by atoms with E-state index >= 15 is 0 Å². The fourth-order valence-electron chi connectivity index (χ4n) is 2.04. The Morgan fingerprint density at radius 1 is 1.47 bits per heavy atom. The smallest absolute Gasteiger partial charge is 0.230 e. The first-order valence-corrected chi connectivity index (χ1v) is 5.92. The van der Waals surface area contributed by atoms with Gasteiger partial charge in [0.05, 0.1) is 12.0 Å². The van der Waals surface area contributed by atoms with Crippen molar-refractivity contribution in [1.29, 1.82) is 0 Å². The topological polar surface area (TPSA) is 64.3 Å². The van der Waals surface area contributed by atoms with Gasteiger partial charge in [-0.3, -0.25) is 4.79 Å². The van der Waals surface area contributed by atoms with Crippen molar-refractivity contribution >= 4 is 11.6 Å². The summed E-state index contributed by atoms with van der Waals surface area (Å²) >= 11 is 0. The number of ether oxygens (including phenoxy) is 1. The molecule has 0 saturated carbocycles. The highest BCUT2D eigenvalue weighted by molar-refractivity contribution is 5.93. The van der Waals surface area contributed by atoms with Gasteiger partial charge in [-0.25, -0.2) is 0 Å². The molecule has 0 spiro atoms. The van der Waals surface area contributed by atoms with E-state index in [2.05, 4.69) is 5.32 Å². The molecule has 17 heavy (non-hydrogen) atoms. The van der Waals surface area contributed by atoms with E-state index in [1.165, 1.54) is 0 Å². The molecule has 1 aliphatic rings. The highest BCUT2D eigenvalue weighted by Gasteiger charge is 2.30. The number of rotatable bonds is 3. The van der Waals surface area contributed by atoms with Crippen molar-refractivity contribution in [3.8, 4) is 0 Å². The molecule has 2 atom stereocenters. The molecule has 1 aliphatic heterocycles. The summed E-state index contributed by atoms with van der Waals surface area (Å²) in [5, 5.41) is 2.91. The first-order valence-electron chi connectivity index (χ1n) is 5.92. The van der Waals surface area contributed by atoms with E-state index in [-0.39, 0.29) is 17.9 Å². The maximum Gasteiger partial charge on any atom is 0.230 e. The van der Waals surface area contributed by atoms with Crippen LogP contribution in [0.2, 0.25) is 0 Å². The van der Waals surface area contributed by atoms with Crippen LogP contribution in [0.5, 0.6) is 0 Å². The van der Waals surface area contributed by atoms with Crippen LogP contribution in [0.1, 0.15) is 18.9 Å². The van der Waals surface area contributed by atoms with Gasteiger partial charge >= 0.3 is 0 Å². The first-order chi connectivity index (χ1) is 8.20. The van der Waals surface area contributed by atoms with Crippen LogP contribution in [-0.4, -0.2) is 18.6 Å². The van der Waals surface area contributed by atoms with E-state index in [1.54, 1.807) is 0 Å². The molecule has 1 heterocycles. The number of amides is 1. The summed E-state index contributed by atoms with van der Waals surface area (Å²) in [4.78, 5) is 12.0. The van der Waals surface area contributed by atoms with Crippen LogP contribution in [0.3, 0.4) is 0 Å². The minimum absolute atomic E-state index is 0.0123. The van der Waals surface area contributed by atoms with Crippen LogP contribution in [0.25, 0.3) is 0 Å². The van der Waals surface area contributed by atoms with Gasteiger partial charge in [-0.05, 0) is 31.0 Å². The van der Waals surface area contributed by atoms with E-state index < -0.39 is 0 Å². The molecule has 1 saturated heterocycles. The van der Waals surface area contributed by atoms with Crippen molar-refractivity contribution in [2.45, 2.75) is 26.0 Å². The van der Waals surface area contributed by atoms with Crippen molar-refractivity contribution in [3.05, 3.63) is 29.8 Å². The Hall–Kier alpha value is -1.39. The molecule has 0 aliphatic carbocycles. The molecule has 4 heteroatoms. The van der Waals surface area contributed by atoms with Gasteiger partial charge in [0.15, 0.2) is 0 Å². The van der Waals surface area contributed by atoms with Gasteiger partial charge < -0.3 is 15.8 Å². The number of hydrogen-bond acceptors (Lipinski definition) is 3. The predicted octanol–water partition coefficient (Wildman–Crippen LogP) is 1.51. The summed E-state index contributed by atoms with van der Waals surface area (Å²) < 4.78 is 5.38. The SMILES string of the molecule is CC1OCCC1C(=O)Nc1ccc(CN)cc1. The number of benzene rings is 1. The zero-order valence-corrected chi connectivity index (χ0v) is 9.98. The van der Waals surface area contributed by atoms with Crippen LogP contribution >= 0.6 is 0 Å². The summed E-state index contributed by atoms with van der Waals surface area (Å²) in [7, 11) is 0. The largest absolute Gasteiger partial charge is 0.378 e. The lowest BCUT2D eigenvalue weighted by atomic mass is 10.0. The van der Waals surface area contributed by atoms with Gasteiger partial charge in [-0.2, -0.15) is 0 Å². The summed E-state index contributed by atoms with van der Waals surface area (Å²) in [5.41, 5.74) is 7.38. The molecule has 1 aromatic carbocycles. The summed E-state index contributed by atoms with van der Waals surface area (Å²) in [5.74, 6) is -0.000293. The Morgan fingerprint density at radius 3 is 2.71 bits per heavy atom. The average Bonchev–Trinajstić information content (AvgIpc) is 2.76. The van der Waals surface area contributed by atoms with Gasteiger partial charge in [0.25, 0.3) is 0 Å². The molecule has 0 radical (unpaired) electrons. The second-order valence-electron chi connectivity index (χ2n) is 4.36. The van der Waals surface area contributed by atoms with Crippen molar-refractivity contribution in [1.82, 2.24) is 0 Å². The second-order valence-corrected chi connectivity index (χ2v) is 4.36. The molecule has 4 nitrogen and oxygen atoms in total. The number of nitrogens with two attached hydrogens (primary N) is 1. The maximum absolute atomic E-state index is 12.0. The van der Waals surface area contributed by atoms with Crippen LogP contribution < -0.4 is 11.1 Å². The fraction of sp³-hybridized carbons (Fsp3) is 0.462. The van der Waals surface area contributed by atoms with Crippen molar-refractivity contribution < 1.29 is 9.53 Å². The van der Waals surface area contributed by atoms with Crippen LogP contribution in [0, 0.1) is 5.92 Å². The van der Waals surface area contributed by atoms with Crippen LogP contribution in [-0.2, 0) is 16.1 Å². The first kappa shape index (κ1) is 12.1. The summed E-state index contributed by atoms with van der Waals surface area (Å²) in [6, 6.07) is 7.59. The van der Waals surface area contributed by atoms with Crippen molar-refractivity contribution in [3.63, 3.8) is 0 Å². The van der Waals surface area contributed by atoms with Crippen LogP contribution in [0.15, 0.2) is 24.3 Å². The fourth-order valence-corrected chi connectivity index (χ4v) is 2.04. The molecule has 0 bridgehead atoms. The normalized spacial score (nSPS) is 23.6. The molecule has 3 N–H and O–H groups in total. The average molecular weight is 234 g/mol. The van der Waals surface area contributed by atoms with E-state index in [0.29, 0.717) is 13.2 Å². The monoisotopic (exact) mass is 234 g/mol. The van der Waals surface area contributed by atoms with E-state index in [0.717, 1.165) is 17.7 Å². The third-order valence-corrected chi connectivity index (χ3v) is 3.17. The minimum Gasteiger partial charge on any atom is -0.378 e. The Bertz CT molecular complexity index is 389. The standard InChI is InChI=1S/C13H18N2O2/c1-9-12(6-7-17-9)13(16)15-11-4-2-10(8-14)3-5-11/h2-5,9,12H,6-8,14H2,1H3,(H,15,16). The van der Waals surface area contributed by atoms with E-state index in [9.17, 15) is 4.79 Å². The second kappa shape index (κ2) is 5.29. The third kappa shape index (κ3) is 2.84. The quantitative estimate of drug-likeness (QED) is 0.833. The maximum atomic E-state index is 12.0. The molecule has 92 valence electrons. The highest BCUT2D eigenvalue weighted by Crippen LogP contribution is 2.22. The minimum atomic E-state index is -0.0378. The van der Waals surface area contributed by atoms with Gasteiger partial charge in [0.2, 0.25) is 5.91 Å². The van der Waals surface area contributed by atoms with Gasteiger partial charge in [0.1, 0.15) is 0 Å². The number of hydrogen-bond donors (Lipinski definition) is 2. The molecule has 1 fully saturated rings. The summed E-state index contributed by atoms with van der Waals surface area (Å²) in [6.07, 6.45) is 0.812. The number of anilines is 1. The number of carbonyl (C=O) groups is 1. The Morgan fingerprint density at radius 2 is 2.18 bits per heavy atom. The molecule has 1 aromatic rings. The molecule has 2 rings (SSSR count). The molecular formula is C13H18N2O2. The van der Waals surface area contributed by atoms with Crippen LogP contribution in [0.4, 0.5) is 5.69 Å². The zero-order chi connectivity index (χ0) is 12.3. The zero-order valence-electron chi connectivity index (χ0n) is 9.98. The lowest BCUT2D eigenvalue weighted by Gasteiger charge is -2.14. The number of nitrogens with one attached hydrogen (secondary N) is 1. The summed E-state index contributed by atoms with van der Waals surface area (Å²) in [6.45, 7) is 3.13. The lowest BCUT2D eigenvalue weighted by molar-refractivity contribution is -0.121. The molecule has 1 amide bonds. The molecular weight excluding hydrogens is 216 g/mol. The lowest BCUT2D eigenvalue weighted by Crippen LogP contribution is -2.27.